The van der Waals surface area contributed by atoms with Crippen LogP contribution in [0.25, 0.3) is 0 Å². The molecule has 0 saturated heterocycles. The Morgan fingerprint density at radius 2 is 1.57 bits per heavy atom. The van der Waals surface area contributed by atoms with Gasteiger partial charge in [-0.25, -0.2) is 9.59 Å². The van der Waals surface area contributed by atoms with Crippen LogP contribution in [0.2, 0.25) is 0 Å². The summed E-state index contributed by atoms with van der Waals surface area (Å²) in [7, 11) is 0. The number of fused-ring (bicyclic) bond motifs is 2. The van der Waals surface area contributed by atoms with Gasteiger partial charge < -0.3 is 14.9 Å². The van der Waals surface area contributed by atoms with E-state index in [9.17, 15) is 9.59 Å². The summed E-state index contributed by atoms with van der Waals surface area (Å²) in [6.45, 7) is 18.6. The van der Waals surface area contributed by atoms with Crippen LogP contribution in [0, 0.1) is 22.7 Å². The Morgan fingerprint density at radius 1 is 1.03 bits per heavy atom. The zero-order valence-electron chi connectivity index (χ0n) is 22.5. The minimum atomic E-state index is -1.26. The third kappa shape index (κ3) is 6.95. The summed E-state index contributed by atoms with van der Waals surface area (Å²) in [4.78, 5) is 21.7. The van der Waals surface area contributed by atoms with Crippen molar-refractivity contribution < 1.29 is 24.5 Å². The zero-order valence-corrected chi connectivity index (χ0v) is 22.5. The van der Waals surface area contributed by atoms with Crippen molar-refractivity contribution in [3.05, 3.63) is 48.0 Å². The molecule has 6 heteroatoms. The summed E-state index contributed by atoms with van der Waals surface area (Å²) in [6.07, 6.45) is 5.36. The predicted octanol–water partition coefficient (Wildman–Crippen LogP) is 5.52. The van der Waals surface area contributed by atoms with Crippen LogP contribution in [-0.2, 0) is 20.7 Å². The van der Waals surface area contributed by atoms with Gasteiger partial charge in [0.15, 0.2) is 0 Å². The van der Waals surface area contributed by atoms with E-state index in [-0.39, 0.29) is 0 Å². The van der Waals surface area contributed by atoms with Gasteiger partial charge in [-0.15, -0.1) is 0 Å². The van der Waals surface area contributed by atoms with Crippen LogP contribution < -0.4 is 0 Å². The van der Waals surface area contributed by atoms with E-state index in [1.54, 1.807) is 0 Å². The van der Waals surface area contributed by atoms with Gasteiger partial charge in [0.1, 0.15) is 0 Å². The molecule has 2 saturated carbocycles. The molecule has 0 radical (unpaired) electrons. The number of aliphatic carboxylic acids is 2. The molecule has 2 aliphatic carbocycles. The second-order valence-electron chi connectivity index (χ2n) is 11.4. The minimum Gasteiger partial charge on any atom is -0.478 e. The zero-order chi connectivity index (χ0) is 26.4. The van der Waals surface area contributed by atoms with E-state index < -0.39 is 11.9 Å². The number of carboxylic acid groups (broad SMARTS) is 2. The smallest absolute Gasteiger partial charge is 0.328 e. The lowest BCUT2D eigenvalue weighted by Crippen LogP contribution is -2.42. The fourth-order valence-electron chi connectivity index (χ4n) is 6.43. The molecule has 2 fully saturated rings. The second-order valence-corrected chi connectivity index (χ2v) is 11.4. The standard InChI is InChI=1S/C25H41NO.C4H4O4/c1-18(2)26(19(3)4)15-16-27-23-21-13-14-25(7,24(21,5)6)22(23)17-20-11-9-8-10-12-20;5-3(6)1-2-4(7)8/h8-12,18-19,21-23H,13-17H2,1-7H3;1-2H,(H,5,6)(H,7,8)/b;2-1+. The number of nitrogens with zero attached hydrogens (tertiary/aromatic N) is 1. The van der Waals surface area contributed by atoms with Gasteiger partial charge in [-0.3, -0.25) is 4.90 Å². The Bertz CT molecular complexity index is 839. The maximum absolute atomic E-state index is 9.55. The van der Waals surface area contributed by atoms with Crippen LogP contribution in [-0.4, -0.2) is 58.4 Å². The molecule has 0 amide bonds. The number of hydrogen-bond donors (Lipinski definition) is 2. The topological polar surface area (TPSA) is 87.1 Å². The first kappa shape index (κ1) is 29.1. The van der Waals surface area contributed by atoms with E-state index in [2.05, 4.69) is 83.7 Å². The van der Waals surface area contributed by atoms with E-state index in [0.29, 0.717) is 53.0 Å². The van der Waals surface area contributed by atoms with Crippen molar-refractivity contribution >= 4 is 11.9 Å². The first-order valence-electron chi connectivity index (χ1n) is 12.9. The highest BCUT2D eigenvalue weighted by Gasteiger charge is 2.66. The molecule has 0 heterocycles. The molecule has 0 aromatic heterocycles. The molecule has 1 aromatic carbocycles. The van der Waals surface area contributed by atoms with Crippen LogP contribution in [0.4, 0.5) is 0 Å². The SMILES string of the molecule is CC(C)N(CCOC1C2CCC(C)(C1Cc1ccccc1)C2(C)C)C(C)C.O=C(O)/C=C/C(=O)O. The maximum Gasteiger partial charge on any atom is 0.328 e. The van der Waals surface area contributed by atoms with Crippen LogP contribution in [0.1, 0.15) is 66.9 Å². The number of carboxylic acids is 2. The van der Waals surface area contributed by atoms with Crippen molar-refractivity contribution in [2.24, 2.45) is 22.7 Å². The van der Waals surface area contributed by atoms with Crippen molar-refractivity contribution in [1.29, 1.82) is 0 Å². The Hall–Kier alpha value is -2.18. The molecule has 0 spiro atoms. The molecule has 4 unspecified atom stereocenters. The highest BCUT2D eigenvalue weighted by molar-refractivity contribution is 5.89. The maximum atomic E-state index is 9.55. The van der Waals surface area contributed by atoms with E-state index in [1.807, 2.05) is 0 Å². The number of rotatable bonds is 10. The Balaban J connectivity index is 0.000000466. The van der Waals surface area contributed by atoms with Gasteiger partial charge in [-0.05, 0) is 75.2 Å². The van der Waals surface area contributed by atoms with Crippen molar-refractivity contribution in [1.82, 2.24) is 4.90 Å². The van der Waals surface area contributed by atoms with E-state index in [4.69, 9.17) is 14.9 Å². The van der Waals surface area contributed by atoms with Crippen molar-refractivity contribution in [2.45, 2.75) is 85.9 Å². The number of hydrogen-bond acceptors (Lipinski definition) is 4. The normalized spacial score (nSPS) is 27.0. The molecule has 1 aromatic rings. The van der Waals surface area contributed by atoms with Gasteiger partial charge in [0, 0.05) is 30.8 Å². The summed E-state index contributed by atoms with van der Waals surface area (Å²) < 4.78 is 6.71. The molecule has 196 valence electrons. The summed E-state index contributed by atoms with van der Waals surface area (Å²) in [6, 6.07) is 12.2. The molecule has 35 heavy (non-hydrogen) atoms. The Morgan fingerprint density at radius 3 is 2.06 bits per heavy atom. The quantitative estimate of drug-likeness (QED) is 0.423. The molecular weight excluding hydrogens is 442 g/mol. The third-order valence-corrected chi connectivity index (χ3v) is 8.64. The van der Waals surface area contributed by atoms with Crippen molar-refractivity contribution in [3.8, 4) is 0 Å². The van der Waals surface area contributed by atoms with E-state index >= 15 is 0 Å². The molecule has 2 bridgehead atoms. The van der Waals surface area contributed by atoms with Crippen molar-refractivity contribution in [3.63, 3.8) is 0 Å². The monoisotopic (exact) mass is 487 g/mol. The number of ether oxygens (including phenoxy) is 1. The lowest BCUT2D eigenvalue weighted by atomic mass is 9.65. The van der Waals surface area contributed by atoms with Crippen LogP contribution in [0.15, 0.2) is 42.5 Å². The highest BCUT2D eigenvalue weighted by atomic mass is 16.5. The van der Waals surface area contributed by atoms with E-state index in [0.717, 1.165) is 19.6 Å². The molecule has 4 atom stereocenters. The first-order chi connectivity index (χ1) is 16.3. The molecule has 6 nitrogen and oxygen atoms in total. The second kappa shape index (κ2) is 12.2. The average molecular weight is 488 g/mol. The molecule has 3 rings (SSSR count). The summed E-state index contributed by atoms with van der Waals surface area (Å²) in [5, 5.41) is 15.6. The third-order valence-electron chi connectivity index (χ3n) is 8.64. The van der Waals surface area contributed by atoms with Gasteiger partial charge in [-0.2, -0.15) is 0 Å². The summed E-state index contributed by atoms with van der Waals surface area (Å²) in [5.41, 5.74) is 2.22. The van der Waals surface area contributed by atoms with Gasteiger partial charge in [0.25, 0.3) is 0 Å². The van der Waals surface area contributed by atoms with Crippen molar-refractivity contribution in [2.75, 3.05) is 13.2 Å². The fourth-order valence-corrected chi connectivity index (χ4v) is 6.43. The average Bonchev–Trinajstić information content (AvgIpc) is 3.09. The van der Waals surface area contributed by atoms with Gasteiger partial charge in [-0.1, -0.05) is 51.1 Å². The summed E-state index contributed by atoms with van der Waals surface area (Å²) in [5.74, 6) is -1.19. The van der Waals surface area contributed by atoms with Gasteiger partial charge in [0.2, 0.25) is 0 Å². The number of benzene rings is 1. The lowest BCUT2D eigenvalue weighted by molar-refractivity contribution is -0.134. The Labute approximate surface area is 211 Å². The van der Waals surface area contributed by atoms with Gasteiger partial charge >= 0.3 is 11.9 Å². The van der Waals surface area contributed by atoms with E-state index in [1.165, 1.54) is 18.4 Å². The fraction of sp³-hybridized carbons (Fsp3) is 0.655. The van der Waals surface area contributed by atoms with Crippen LogP contribution in [0.5, 0.6) is 0 Å². The largest absolute Gasteiger partial charge is 0.478 e. The highest BCUT2D eigenvalue weighted by Crippen LogP contribution is 2.69. The molecular formula is C29H45NO5. The molecule has 2 N–H and O–H groups in total. The lowest BCUT2D eigenvalue weighted by Gasteiger charge is -2.40. The first-order valence-corrected chi connectivity index (χ1v) is 12.9. The predicted molar refractivity (Wildman–Crippen MR) is 139 cm³/mol. The van der Waals surface area contributed by atoms with Crippen LogP contribution >= 0.6 is 0 Å². The minimum absolute atomic E-state index is 0.368. The Kier molecular flexibility index (Phi) is 10.1. The molecule has 0 aliphatic heterocycles. The van der Waals surface area contributed by atoms with Crippen LogP contribution in [0.3, 0.4) is 0 Å². The summed E-state index contributed by atoms with van der Waals surface area (Å²) >= 11 is 0. The molecule has 2 aliphatic rings. The van der Waals surface area contributed by atoms with Gasteiger partial charge in [0.05, 0.1) is 12.7 Å². The number of carbonyl (C=O) groups is 2.